The largest absolute Gasteiger partial charge is 0.393 e. The van der Waals surface area contributed by atoms with Crippen LogP contribution < -0.4 is 0 Å². The second-order valence-corrected chi connectivity index (χ2v) is 14.9. The van der Waals surface area contributed by atoms with Gasteiger partial charge in [-0.25, -0.2) is 0 Å². The molecule has 0 spiro atoms. The van der Waals surface area contributed by atoms with Crippen LogP contribution in [0, 0.1) is 56.7 Å². The van der Waals surface area contributed by atoms with E-state index in [0.29, 0.717) is 33.0 Å². The van der Waals surface area contributed by atoms with Gasteiger partial charge in [0.2, 0.25) is 0 Å². The lowest BCUT2D eigenvalue weighted by Crippen LogP contribution is -2.67. The van der Waals surface area contributed by atoms with Crippen molar-refractivity contribution in [3.63, 3.8) is 0 Å². The Morgan fingerprint density at radius 1 is 0.806 bits per heavy atom. The zero-order chi connectivity index (χ0) is 22.6. The first-order valence-electron chi connectivity index (χ1n) is 13.6. The van der Waals surface area contributed by atoms with Gasteiger partial charge >= 0.3 is 0 Å². The molecule has 5 fully saturated rings. The molecule has 0 radical (unpaired) electrons. The molecule has 31 heavy (non-hydrogen) atoms. The highest BCUT2D eigenvalue weighted by Crippen LogP contribution is 2.78. The van der Waals surface area contributed by atoms with Gasteiger partial charge in [0.15, 0.2) is 0 Å². The zero-order valence-corrected chi connectivity index (χ0v) is 21.7. The summed E-state index contributed by atoms with van der Waals surface area (Å²) in [5.41, 5.74) is 3.57. The minimum atomic E-state index is -0.0705. The van der Waals surface area contributed by atoms with Crippen LogP contribution in [0.15, 0.2) is 12.2 Å². The second-order valence-electron chi connectivity index (χ2n) is 14.9. The highest BCUT2D eigenvalue weighted by Gasteiger charge is 2.71. The van der Waals surface area contributed by atoms with Crippen LogP contribution in [0.3, 0.4) is 0 Å². The van der Waals surface area contributed by atoms with E-state index in [4.69, 9.17) is 0 Å². The maximum atomic E-state index is 10.6. The van der Waals surface area contributed by atoms with Crippen LogP contribution in [-0.2, 0) is 0 Å². The molecule has 0 saturated heterocycles. The fraction of sp³-hybridized carbons (Fsp3) is 0.933. The van der Waals surface area contributed by atoms with Crippen molar-refractivity contribution >= 4 is 0 Å². The fourth-order valence-corrected chi connectivity index (χ4v) is 11.7. The van der Waals surface area contributed by atoms with Gasteiger partial charge in [0.25, 0.3) is 0 Å². The summed E-state index contributed by atoms with van der Waals surface area (Å²) in [6, 6.07) is 0. The van der Waals surface area contributed by atoms with Crippen LogP contribution in [0.5, 0.6) is 0 Å². The predicted molar refractivity (Wildman–Crippen MR) is 131 cm³/mol. The minimum Gasteiger partial charge on any atom is -0.393 e. The van der Waals surface area contributed by atoms with Crippen molar-refractivity contribution in [1.82, 2.24) is 0 Å². The molecule has 5 rings (SSSR count). The van der Waals surface area contributed by atoms with E-state index in [-0.39, 0.29) is 6.10 Å². The monoisotopic (exact) mass is 426 g/mol. The number of aliphatic hydroxyl groups excluding tert-OH is 1. The number of fused-ring (bicyclic) bond motifs is 7. The molecule has 5 aliphatic carbocycles. The highest BCUT2D eigenvalue weighted by atomic mass is 16.3. The van der Waals surface area contributed by atoms with E-state index in [1.54, 1.807) is 0 Å². The molecule has 5 aliphatic rings. The summed E-state index contributed by atoms with van der Waals surface area (Å²) in [4.78, 5) is 0. The van der Waals surface area contributed by atoms with Gasteiger partial charge in [0.05, 0.1) is 6.10 Å². The molecular weight excluding hydrogens is 376 g/mol. The van der Waals surface area contributed by atoms with Gasteiger partial charge in [-0.3, -0.25) is 0 Å². The molecule has 0 unspecified atom stereocenters. The molecule has 1 nitrogen and oxygen atoms in total. The van der Waals surface area contributed by atoms with E-state index in [1.165, 1.54) is 56.9 Å². The van der Waals surface area contributed by atoms with Crippen molar-refractivity contribution < 1.29 is 5.11 Å². The fourth-order valence-electron chi connectivity index (χ4n) is 11.7. The van der Waals surface area contributed by atoms with Crippen molar-refractivity contribution in [2.75, 3.05) is 0 Å². The third-order valence-electron chi connectivity index (χ3n) is 13.1. The Hall–Kier alpha value is -0.300. The third kappa shape index (κ3) is 2.77. The first kappa shape index (κ1) is 22.5. The molecular formula is C30H50O. The smallest absolute Gasteiger partial charge is 0.0543 e. The maximum Gasteiger partial charge on any atom is 0.0543 e. The highest BCUT2D eigenvalue weighted by molar-refractivity contribution is 5.21. The van der Waals surface area contributed by atoms with Crippen LogP contribution in [-0.4, -0.2) is 11.2 Å². The van der Waals surface area contributed by atoms with Crippen LogP contribution in [0.4, 0.5) is 0 Å². The van der Waals surface area contributed by atoms with Crippen molar-refractivity contribution in [3.05, 3.63) is 12.2 Å². The van der Waals surface area contributed by atoms with Gasteiger partial charge in [-0.2, -0.15) is 0 Å². The van der Waals surface area contributed by atoms with Crippen LogP contribution >= 0.6 is 0 Å². The van der Waals surface area contributed by atoms with Gasteiger partial charge in [0, 0.05) is 0 Å². The maximum absolute atomic E-state index is 10.6. The number of aliphatic hydroxyl groups is 1. The van der Waals surface area contributed by atoms with Crippen molar-refractivity contribution in [1.29, 1.82) is 0 Å². The Morgan fingerprint density at radius 2 is 1.52 bits per heavy atom. The van der Waals surface area contributed by atoms with Gasteiger partial charge in [0.1, 0.15) is 0 Å². The summed E-state index contributed by atoms with van der Waals surface area (Å²) >= 11 is 0. The lowest BCUT2D eigenvalue weighted by Gasteiger charge is -2.74. The molecule has 176 valence electrons. The van der Waals surface area contributed by atoms with Crippen molar-refractivity contribution in [2.45, 2.75) is 119 Å². The Balaban J connectivity index is 1.59. The summed E-state index contributed by atoms with van der Waals surface area (Å²) in [5, 5.41) is 10.6. The lowest BCUT2D eigenvalue weighted by molar-refractivity contribution is -0.256. The molecule has 1 heteroatoms. The second kappa shape index (κ2) is 6.64. The van der Waals surface area contributed by atoms with Crippen LogP contribution in [0.2, 0.25) is 0 Å². The van der Waals surface area contributed by atoms with E-state index in [2.05, 4.69) is 55.0 Å². The van der Waals surface area contributed by atoms with E-state index in [0.717, 1.165) is 36.5 Å². The number of hydrogen-bond acceptors (Lipinski definition) is 1. The van der Waals surface area contributed by atoms with E-state index in [9.17, 15) is 5.11 Å². The Kier molecular flexibility index (Phi) is 4.82. The molecule has 0 aromatic rings. The van der Waals surface area contributed by atoms with E-state index in [1.807, 2.05) is 0 Å². The quantitative estimate of drug-likeness (QED) is 0.421. The number of rotatable bonds is 1. The molecule has 10 atom stereocenters. The summed E-state index contributed by atoms with van der Waals surface area (Å²) < 4.78 is 0. The van der Waals surface area contributed by atoms with E-state index >= 15 is 0 Å². The van der Waals surface area contributed by atoms with Crippen LogP contribution in [0.1, 0.15) is 113 Å². The molecule has 5 saturated carbocycles. The Bertz CT molecular complexity index is 766. The van der Waals surface area contributed by atoms with Gasteiger partial charge in [-0.1, -0.05) is 53.7 Å². The number of hydrogen-bond donors (Lipinski definition) is 1. The first-order valence-corrected chi connectivity index (χ1v) is 13.6. The summed E-state index contributed by atoms with van der Waals surface area (Å²) in [6.45, 7) is 22.7. The SMILES string of the molecule is C=C(C)[C@@H]1CC[C@]2(C)CC[C@]3(C)[C@H](CC[C@H]4[C@@]5(C)CC[C@H](O)C[C@H]5C(C)(C)C[C@]43C)[C@@H]12. The molecule has 0 aliphatic heterocycles. The molecule has 0 bridgehead atoms. The summed E-state index contributed by atoms with van der Waals surface area (Å²) in [7, 11) is 0. The van der Waals surface area contributed by atoms with Crippen LogP contribution in [0.25, 0.3) is 0 Å². The number of allylic oxidation sites excluding steroid dienone is 1. The van der Waals surface area contributed by atoms with Crippen molar-refractivity contribution in [3.8, 4) is 0 Å². The normalized spacial score (nSPS) is 57.9. The lowest BCUT2D eigenvalue weighted by atomic mass is 9.31. The summed E-state index contributed by atoms with van der Waals surface area (Å²) in [5.74, 6) is 3.95. The molecule has 1 N–H and O–H groups in total. The van der Waals surface area contributed by atoms with Gasteiger partial charge in [-0.15, -0.1) is 0 Å². The van der Waals surface area contributed by atoms with E-state index < -0.39 is 0 Å². The molecule has 0 aromatic carbocycles. The molecule has 0 heterocycles. The zero-order valence-electron chi connectivity index (χ0n) is 21.7. The Labute approximate surface area is 192 Å². The standard InChI is InChI=1S/C30H50O/c1-19(2)21-12-13-27(5)15-16-29(7)22(25(21)27)9-10-23-28(6)14-11-20(31)17-24(28)26(3,4)18-30(23,29)8/h20-25,31H,1,9-18H2,2-8H3/t20-,21-,22+,23-,24-,25+,27+,28+,29+,30+/m0/s1. The first-order chi connectivity index (χ1) is 14.3. The average molecular weight is 427 g/mol. The minimum absolute atomic E-state index is 0.0705. The molecule has 0 aromatic heterocycles. The van der Waals surface area contributed by atoms with Crippen molar-refractivity contribution in [2.24, 2.45) is 56.7 Å². The molecule has 0 amide bonds. The summed E-state index contributed by atoms with van der Waals surface area (Å²) in [6.07, 6.45) is 13.1. The Morgan fingerprint density at radius 3 is 2.19 bits per heavy atom. The van der Waals surface area contributed by atoms with Gasteiger partial charge in [-0.05, 0) is 128 Å². The topological polar surface area (TPSA) is 20.2 Å². The third-order valence-corrected chi connectivity index (χ3v) is 13.1. The predicted octanol–water partition coefficient (Wildman–Crippen LogP) is 8.02. The van der Waals surface area contributed by atoms with Gasteiger partial charge < -0.3 is 5.11 Å². The average Bonchev–Trinajstić information content (AvgIpc) is 3.02.